The summed E-state index contributed by atoms with van der Waals surface area (Å²) in [5, 5.41) is 3.49. The minimum absolute atomic E-state index is 0. The van der Waals surface area contributed by atoms with Crippen LogP contribution >= 0.6 is 0 Å². The van der Waals surface area contributed by atoms with Crippen molar-refractivity contribution in [2.75, 3.05) is 0 Å². The van der Waals surface area contributed by atoms with Gasteiger partial charge >= 0.3 is 0 Å². The summed E-state index contributed by atoms with van der Waals surface area (Å²) < 4.78 is 0. The van der Waals surface area contributed by atoms with Crippen molar-refractivity contribution in [2.45, 2.75) is 26.2 Å². The van der Waals surface area contributed by atoms with Gasteiger partial charge in [-0.05, 0) is 21.9 Å². The number of aromatic nitrogens is 1. The summed E-state index contributed by atoms with van der Waals surface area (Å²) >= 11 is 0. The van der Waals surface area contributed by atoms with E-state index in [0.717, 1.165) is 10.9 Å². The number of hydrogen-bond acceptors (Lipinski definition) is 1. The maximum Gasteiger partial charge on any atom is 0.0198 e. The second-order valence-electron chi connectivity index (χ2n) is 5.75. The first-order valence-electron chi connectivity index (χ1n) is 6.25. The largest absolute Gasteiger partial charge is 0.304 e. The molecule has 99 valence electrons. The number of pyridine rings is 1. The molecule has 1 aromatic heterocycles. The zero-order chi connectivity index (χ0) is 12.8. The molecule has 0 aliphatic carbocycles. The summed E-state index contributed by atoms with van der Waals surface area (Å²) in [4.78, 5) is 4.64. The molecule has 19 heavy (non-hydrogen) atoms. The Morgan fingerprint density at radius 2 is 1.79 bits per heavy atom. The van der Waals surface area contributed by atoms with Gasteiger partial charge in [0.15, 0.2) is 0 Å². The maximum atomic E-state index is 4.64. The van der Waals surface area contributed by atoms with E-state index in [0.29, 0.717) is 0 Å². The topological polar surface area (TPSA) is 12.9 Å². The monoisotopic (exact) mass is 427 g/mol. The summed E-state index contributed by atoms with van der Waals surface area (Å²) in [6.07, 6.45) is 1.99. The molecule has 0 unspecified atom stereocenters. The summed E-state index contributed by atoms with van der Waals surface area (Å²) in [5.74, 6) is 0. The Morgan fingerprint density at radius 3 is 2.53 bits per heavy atom. The third-order valence-corrected chi connectivity index (χ3v) is 3.35. The fourth-order valence-electron chi connectivity index (χ4n) is 2.20. The van der Waals surface area contributed by atoms with Gasteiger partial charge in [-0.3, -0.25) is 0 Å². The molecule has 1 heterocycles. The zero-order valence-corrected chi connectivity index (χ0v) is 13.7. The molecule has 0 bridgehead atoms. The minimum Gasteiger partial charge on any atom is -0.304 e. The second-order valence-corrected chi connectivity index (χ2v) is 5.75. The van der Waals surface area contributed by atoms with Crippen molar-refractivity contribution < 1.29 is 20.1 Å². The van der Waals surface area contributed by atoms with Gasteiger partial charge in [-0.15, -0.1) is 35.0 Å². The number of hydrogen-bond donors (Lipinski definition) is 0. The summed E-state index contributed by atoms with van der Waals surface area (Å²) in [6.45, 7) is 6.63. The summed E-state index contributed by atoms with van der Waals surface area (Å²) in [7, 11) is 0. The van der Waals surface area contributed by atoms with Crippen LogP contribution < -0.4 is 0 Å². The van der Waals surface area contributed by atoms with E-state index in [9.17, 15) is 0 Å². The number of fused-ring (bicyclic) bond motifs is 3. The molecule has 0 atom stereocenters. The van der Waals surface area contributed by atoms with E-state index in [1.54, 1.807) is 0 Å². The third kappa shape index (κ3) is 2.56. The van der Waals surface area contributed by atoms with Crippen LogP contribution in [-0.4, -0.2) is 4.98 Å². The molecule has 1 nitrogen and oxygen atoms in total. The predicted molar refractivity (Wildman–Crippen MR) is 76.8 cm³/mol. The van der Waals surface area contributed by atoms with Crippen LogP contribution in [0.15, 0.2) is 42.6 Å². The van der Waals surface area contributed by atoms with Gasteiger partial charge in [-0.2, -0.15) is 0 Å². The van der Waals surface area contributed by atoms with Crippen LogP contribution in [0.1, 0.15) is 26.3 Å². The smallest absolute Gasteiger partial charge is 0.0198 e. The molecular formula is C17H16IrN-. The first-order valence-corrected chi connectivity index (χ1v) is 6.25. The van der Waals surface area contributed by atoms with E-state index in [1.807, 2.05) is 18.3 Å². The van der Waals surface area contributed by atoms with Gasteiger partial charge in [0.2, 0.25) is 0 Å². The van der Waals surface area contributed by atoms with Crippen molar-refractivity contribution in [3.63, 3.8) is 0 Å². The normalized spacial score (nSPS) is 11.5. The van der Waals surface area contributed by atoms with Gasteiger partial charge < -0.3 is 4.98 Å². The van der Waals surface area contributed by atoms with Crippen LogP contribution in [-0.2, 0) is 25.5 Å². The summed E-state index contributed by atoms with van der Waals surface area (Å²) in [6, 6.07) is 15.9. The van der Waals surface area contributed by atoms with Crippen LogP contribution in [0.4, 0.5) is 0 Å². The zero-order valence-electron chi connectivity index (χ0n) is 11.3. The van der Waals surface area contributed by atoms with Gasteiger partial charge in [0.05, 0.1) is 0 Å². The molecule has 0 aliphatic heterocycles. The molecule has 0 fully saturated rings. The van der Waals surface area contributed by atoms with Crippen molar-refractivity contribution in [1.29, 1.82) is 0 Å². The van der Waals surface area contributed by atoms with Crippen LogP contribution in [0.5, 0.6) is 0 Å². The number of benzene rings is 2. The Labute approximate surface area is 127 Å². The Bertz CT molecular complexity index is 726. The van der Waals surface area contributed by atoms with Gasteiger partial charge in [-0.25, -0.2) is 0 Å². The molecule has 0 spiro atoms. The van der Waals surface area contributed by atoms with Crippen LogP contribution in [0.25, 0.3) is 21.7 Å². The Balaban J connectivity index is 0.00000133. The van der Waals surface area contributed by atoms with Crippen molar-refractivity contribution in [3.05, 3.63) is 54.2 Å². The molecular weight excluding hydrogens is 410 g/mol. The van der Waals surface area contributed by atoms with Gasteiger partial charge in [-0.1, -0.05) is 39.0 Å². The van der Waals surface area contributed by atoms with Crippen molar-refractivity contribution in [2.24, 2.45) is 0 Å². The minimum atomic E-state index is 0. The van der Waals surface area contributed by atoms with Crippen molar-refractivity contribution in [3.8, 4) is 0 Å². The molecule has 1 radical (unpaired) electrons. The molecule has 0 N–H and O–H groups in total. The van der Waals surface area contributed by atoms with E-state index < -0.39 is 0 Å². The molecule has 2 aromatic carbocycles. The van der Waals surface area contributed by atoms with Gasteiger partial charge in [0.1, 0.15) is 0 Å². The van der Waals surface area contributed by atoms with E-state index in [4.69, 9.17) is 0 Å². The van der Waals surface area contributed by atoms with Crippen molar-refractivity contribution >= 4 is 21.7 Å². The molecule has 3 aromatic rings. The molecule has 3 rings (SSSR count). The average Bonchev–Trinajstić information content (AvgIpc) is 2.37. The summed E-state index contributed by atoms with van der Waals surface area (Å²) in [5.41, 5.74) is 2.45. The molecule has 0 saturated heterocycles. The first kappa shape index (κ1) is 14.2. The number of nitrogens with zero attached hydrogens (tertiary/aromatic N) is 1. The van der Waals surface area contributed by atoms with Crippen LogP contribution in [0.3, 0.4) is 0 Å². The van der Waals surface area contributed by atoms with E-state index in [2.05, 4.69) is 56.1 Å². The fourth-order valence-corrected chi connectivity index (χ4v) is 2.20. The third-order valence-electron chi connectivity index (χ3n) is 3.35. The first-order chi connectivity index (χ1) is 8.55. The van der Waals surface area contributed by atoms with Crippen LogP contribution in [0, 0.1) is 6.07 Å². The van der Waals surface area contributed by atoms with E-state index >= 15 is 0 Å². The number of rotatable bonds is 0. The molecule has 0 saturated carbocycles. The van der Waals surface area contributed by atoms with Gasteiger partial charge in [0.25, 0.3) is 0 Å². The second kappa shape index (κ2) is 5.03. The molecule has 2 heteroatoms. The quantitative estimate of drug-likeness (QED) is 0.382. The predicted octanol–water partition coefficient (Wildman–Crippen LogP) is 4.48. The maximum absolute atomic E-state index is 4.64. The Kier molecular flexibility index (Phi) is 3.75. The standard InChI is InChI=1S/C17H16N.Ir/c1-17(2,3)14-10-13-9-8-12-6-4-5-7-15(12)16(13)18-11-14;/h4-6,8-11H,1-3H3;/q-1;. The fraction of sp³-hybridized carbons (Fsp3) is 0.235. The van der Waals surface area contributed by atoms with Crippen molar-refractivity contribution in [1.82, 2.24) is 4.98 Å². The Morgan fingerprint density at radius 1 is 1.05 bits per heavy atom. The van der Waals surface area contributed by atoms with E-state index in [-0.39, 0.29) is 25.5 Å². The Hall–Kier alpha value is -1.24. The molecule has 0 amide bonds. The van der Waals surface area contributed by atoms with E-state index in [1.165, 1.54) is 16.3 Å². The molecule has 0 aliphatic rings. The van der Waals surface area contributed by atoms with Crippen LogP contribution in [0.2, 0.25) is 0 Å². The van der Waals surface area contributed by atoms with Gasteiger partial charge in [0, 0.05) is 26.3 Å². The SMILES string of the molecule is CC(C)(C)c1cnc2c(ccc3ccc[c-]c32)c1.[Ir]. The average molecular weight is 427 g/mol.